The molecule has 2 nitrogen and oxygen atoms in total. The van der Waals surface area contributed by atoms with Crippen molar-refractivity contribution in [3.05, 3.63) is 0 Å². The van der Waals surface area contributed by atoms with Crippen LogP contribution >= 0.6 is 9.24 Å². The van der Waals surface area contributed by atoms with Gasteiger partial charge in [0, 0.05) is 20.0 Å². The zero-order chi connectivity index (χ0) is 6.85. The molecule has 9 heavy (non-hydrogen) atoms. The average Bonchev–Trinajstić information content (AvgIpc) is 2.14. The first-order valence-electron chi connectivity index (χ1n) is 3.21. The maximum atomic E-state index is 10.7. The highest BCUT2D eigenvalue weighted by Gasteiger charge is 2.19. The molecule has 0 aromatic rings. The van der Waals surface area contributed by atoms with Crippen LogP contribution in [0.5, 0.6) is 0 Å². The molecule has 1 amide bonds. The van der Waals surface area contributed by atoms with Crippen molar-refractivity contribution in [3.63, 3.8) is 0 Å². The van der Waals surface area contributed by atoms with E-state index >= 15 is 0 Å². The fourth-order valence-corrected chi connectivity index (χ4v) is 1.48. The smallest absolute Gasteiger partial charge is 0.219 e. The van der Waals surface area contributed by atoms with Gasteiger partial charge in [0.05, 0.1) is 0 Å². The number of hydrogen-bond donors (Lipinski definition) is 0. The number of amides is 1. The molecule has 3 heteroatoms. The maximum Gasteiger partial charge on any atom is 0.219 e. The first-order chi connectivity index (χ1) is 4.20. The lowest BCUT2D eigenvalue weighted by Gasteiger charge is -2.11. The first-order valence-corrected chi connectivity index (χ1v) is 3.88. The summed E-state index contributed by atoms with van der Waals surface area (Å²) in [6.45, 7) is 3.51. The molecule has 0 spiro atoms. The second-order valence-corrected chi connectivity index (χ2v) is 3.46. The van der Waals surface area contributed by atoms with Crippen LogP contribution in [0.3, 0.4) is 0 Å². The monoisotopic (exact) mass is 145 g/mol. The maximum absolute atomic E-state index is 10.7. The summed E-state index contributed by atoms with van der Waals surface area (Å²) in [6, 6.07) is 0. The van der Waals surface area contributed by atoms with Crippen molar-refractivity contribution >= 4 is 15.1 Å². The number of nitrogens with zero attached hydrogens (tertiary/aromatic N) is 1. The quantitative estimate of drug-likeness (QED) is 0.454. The Bertz CT molecular complexity index is 126. The fraction of sp³-hybridized carbons (Fsp3) is 0.833. The molecule has 1 saturated heterocycles. The number of rotatable bonds is 0. The van der Waals surface area contributed by atoms with Crippen LogP contribution in [0.1, 0.15) is 13.3 Å². The lowest BCUT2D eigenvalue weighted by Crippen LogP contribution is -2.25. The molecule has 0 aromatic heterocycles. The molecule has 0 aromatic carbocycles. The van der Waals surface area contributed by atoms with Gasteiger partial charge in [-0.1, -0.05) is 0 Å². The number of likely N-dealkylation sites (tertiary alicyclic amines) is 1. The lowest BCUT2D eigenvalue weighted by molar-refractivity contribution is -0.127. The summed E-state index contributed by atoms with van der Waals surface area (Å²) >= 11 is 0. The third kappa shape index (κ3) is 1.65. The van der Waals surface area contributed by atoms with E-state index in [1.807, 2.05) is 4.90 Å². The van der Waals surface area contributed by atoms with Gasteiger partial charge in [0.1, 0.15) is 0 Å². The van der Waals surface area contributed by atoms with Crippen LogP contribution in [0.4, 0.5) is 0 Å². The normalized spacial score (nSPS) is 26.9. The Balaban J connectivity index is 2.39. The summed E-state index contributed by atoms with van der Waals surface area (Å²) in [4.78, 5) is 12.6. The molecule has 1 aliphatic rings. The molecule has 0 N–H and O–H groups in total. The molecule has 2 atom stereocenters. The Morgan fingerprint density at radius 2 is 2.44 bits per heavy atom. The summed E-state index contributed by atoms with van der Waals surface area (Å²) in [5.74, 6) is 0.208. The molecule has 0 aliphatic carbocycles. The molecule has 2 unspecified atom stereocenters. The van der Waals surface area contributed by atoms with E-state index < -0.39 is 0 Å². The molecule has 1 rings (SSSR count). The van der Waals surface area contributed by atoms with Gasteiger partial charge in [0.25, 0.3) is 0 Å². The van der Waals surface area contributed by atoms with E-state index in [1.165, 1.54) is 0 Å². The third-order valence-corrected chi connectivity index (χ3v) is 2.21. The van der Waals surface area contributed by atoms with Crippen molar-refractivity contribution in [1.82, 2.24) is 4.90 Å². The van der Waals surface area contributed by atoms with Gasteiger partial charge < -0.3 is 4.90 Å². The number of hydrogen-bond acceptors (Lipinski definition) is 1. The van der Waals surface area contributed by atoms with Crippen molar-refractivity contribution < 1.29 is 4.79 Å². The molecule has 1 heterocycles. The second-order valence-electron chi connectivity index (χ2n) is 2.51. The van der Waals surface area contributed by atoms with E-state index in [1.54, 1.807) is 6.92 Å². The fourth-order valence-electron chi connectivity index (χ4n) is 1.07. The minimum absolute atomic E-state index is 0.208. The highest BCUT2D eigenvalue weighted by atomic mass is 31.0. The highest BCUT2D eigenvalue weighted by molar-refractivity contribution is 7.17. The summed E-state index contributed by atoms with van der Waals surface area (Å²) in [6.07, 6.45) is 1.14. The van der Waals surface area contributed by atoms with Crippen molar-refractivity contribution in [1.29, 1.82) is 0 Å². The Labute approximate surface area is 57.8 Å². The summed E-state index contributed by atoms with van der Waals surface area (Å²) in [7, 11) is 2.75. The largest absolute Gasteiger partial charge is 0.342 e. The SMILES string of the molecule is CC(=O)N1CCC(P)C1. The molecule has 0 radical (unpaired) electrons. The zero-order valence-corrected chi connectivity index (χ0v) is 6.79. The summed E-state index contributed by atoms with van der Waals surface area (Å²) < 4.78 is 0. The molecule has 0 saturated carbocycles. The molecule has 1 aliphatic heterocycles. The minimum atomic E-state index is 0.208. The Kier molecular flexibility index (Phi) is 2.07. The zero-order valence-electron chi connectivity index (χ0n) is 5.63. The average molecular weight is 145 g/mol. The van der Waals surface area contributed by atoms with Crippen molar-refractivity contribution in [2.45, 2.75) is 19.0 Å². The van der Waals surface area contributed by atoms with Gasteiger partial charge in [-0.3, -0.25) is 4.79 Å². The van der Waals surface area contributed by atoms with Gasteiger partial charge in [-0.2, -0.15) is 0 Å². The Morgan fingerprint density at radius 1 is 1.78 bits per heavy atom. The topological polar surface area (TPSA) is 20.3 Å². The molecule has 0 bridgehead atoms. The minimum Gasteiger partial charge on any atom is -0.342 e. The molecular formula is C6H12NOP. The molecular weight excluding hydrogens is 133 g/mol. The van der Waals surface area contributed by atoms with Gasteiger partial charge >= 0.3 is 0 Å². The first kappa shape index (κ1) is 7.01. The van der Waals surface area contributed by atoms with Gasteiger partial charge in [0.2, 0.25) is 5.91 Å². The van der Waals surface area contributed by atoms with Crippen LogP contribution in [-0.2, 0) is 4.79 Å². The predicted octanol–water partition coefficient (Wildman–Crippen LogP) is 0.482. The lowest BCUT2D eigenvalue weighted by atomic mass is 10.4. The van der Waals surface area contributed by atoms with Crippen LogP contribution < -0.4 is 0 Å². The predicted molar refractivity (Wildman–Crippen MR) is 40.4 cm³/mol. The van der Waals surface area contributed by atoms with Crippen LogP contribution in [0.25, 0.3) is 0 Å². The third-order valence-electron chi connectivity index (χ3n) is 1.67. The van der Waals surface area contributed by atoms with E-state index in [9.17, 15) is 4.79 Å². The van der Waals surface area contributed by atoms with Crippen LogP contribution in [0, 0.1) is 0 Å². The van der Waals surface area contributed by atoms with E-state index in [2.05, 4.69) is 9.24 Å². The van der Waals surface area contributed by atoms with Crippen LogP contribution in [0.2, 0.25) is 0 Å². The van der Waals surface area contributed by atoms with E-state index in [0.717, 1.165) is 19.5 Å². The van der Waals surface area contributed by atoms with Gasteiger partial charge in [-0.05, 0) is 12.1 Å². The standard InChI is InChI=1S/C6H12NOP/c1-5(8)7-3-2-6(9)4-7/h6H,2-4,9H2,1H3. The van der Waals surface area contributed by atoms with E-state index in [4.69, 9.17) is 0 Å². The van der Waals surface area contributed by atoms with Crippen LogP contribution in [0.15, 0.2) is 0 Å². The second kappa shape index (κ2) is 2.66. The van der Waals surface area contributed by atoms with Gasteiger partial charge in [0.15, 0.2) is 0 Å². The Hall–Kier alpha value is -0.100. The van der Waals surface area contributed by atoms with E-state index in [-0.39, 0.29) is 5.91 Å². The van der Waals surface area contributed by atoms with E-state index in [0.29, 0.717) is 5.66 Å². The van der Waals surface area contributed by atoms with Crippen molar-refractivity contribution in [3.8, 4) is 0 Å². The van der Waals surface area contributed by atoms with Crippen LogP contribution in [-0.4, -0.2) is 29.6 Å². The summed E-state index contributed by atoms with van der Waals surface area (Å²) in [5, 5.41) is 0. The highest BCUT2D eigenvalue weighted by Crippen LogP contribution is 2.15. The molecule has 1 fully saturated rings. The summed E-state index contributed by atoms with van der Waals surface area (Å²) in [5.41, 5.74) is 0.633. The molecule has 52 valence electrons. The number of carbonyl (C=O) groups excluding carboxylic acids is 1. The van der Waals surface area contributed by atoms with Gasteiger partial charge in [-0.15, -0.1) is 9.24 Å². The number of carbonyl (C=O) groups is 1. The van der Waals surface area contributed by atoms with Gasteiger partial charge in [-0.25, -0.2) is 0 Å². The van der Waals surface area contributed by atoms with Crippen molar-refractivity contribution in [2.75, 3.05) is 13.1 Å². The van der Waals surface area contributed by atoms with Crippen molar-refractivity contribution in [2.24, 2.45) is 0 Å². The Morgan fingerprint density at radius 3 is 2.67 bits per heavy atom.